The molecule has 1 aliphatic heterocycles. The maximum atomic E-state index is 12.6. The number of aromatic nitrogens is 1. The van der Waals surface area contributed by atoms with Crippen molar-refractivity contribution in [2.75, 3.05) is 11.9 Å². The van der Waals surface area contributed by atoms with Crippen molar-refractivity contribution in [3.8, 4) is 0 Å². The van der Waals surface area contributed by atoms with Crippen LogP contribution >= 0.6 is 34.7 Å². The fourth-order valence-corrected chi connectivity index (χ4v) is 4.72. The van der Waals surface area contributed by atoms with Gasteiger partial charge in [-0.1, -0.05) is 54.1 Å². The van der Waals surface area contributed by atoms with Gasteiger partial charge in [0, 0.05) is 22.5 Å². The summed E-state index contributed by atoms with van der Waals surface area (Å²) < 4.78 is 0. The molecule has 3 amide bonds. The van der Waals surface area contributed by atoms with Gasteiger partial charge in [-0.3, -0.25) is 19.3 Å². The lowest BCUT2D eigenvalue weighted by Gasteiger charge is -2.11. The Hall–Kier alpha value is -2.94. The van der Waals surface area contributed by atoms with Gasteiger partial charge in [0.15, 0.2) is 5.13 Å². The van der Waals surface area contributed by atoms with Gasteiger partial charge in [0.1, 0.15) is 6.54 Å². The SMILES string of the molecule is O=C(CN1C(=O)S/C(=C\c2ccc(Cl)cc2)C1=O)Nc1ncc(Cc2ccccc2)s1. The third-order valence-electron chi connectivity index (χ3n) is 4.36. The smallest absolute Gasteiger partial charge is 0.294 e. The van der Waals surface area contributed by atoms with Gasteiger partial charge in [0.05, 0.1) is 4.91 Å². The molecule has 2 aromatic carbocycles. The third-order valence-corrected chi connectivity index (χ3v) is 6.44. The second kappa shape index (κ2) is 9.47. The van der Waals surface area contributed by atoms with Gasteiger partial charge >= 0.3 is 0 Å². The molecule has 0 radical (unpaired) electrons. The highest BCUT2D eigenvalue weighted by Gasteiger charge is 2.36. The normalized spacial score (nSPS) is 15.0. The number of amides is 3. The molecular formula is C22H16ClN3O3S2. The Morgan fingerprint density at radius 1 is 1.10 bits per heavy atom. The highest BCUT2D eigenvalue weighted by molar-refractivity contribution is 8.18. The van der Waals surface area contributed by atoms with E-state index in [4.69, 9.17) is 11.6 Å². The summed E-state index contributed by atoms with van der Waals surface area (Å²) >= 11 is 8.03. The Morgan fingerprint density at radius 2 is 1.84 bits per heavy atom. The first-order chi connectivity index (χ1) is 15.0. The standard InChI is InChI=1S/C22H16ClN3O3S2/c23-16-8-6-15(7-9-16)11-18-20(28)26(22(29)31-18)13-19(27)25-21-24-12-17(30-21)10-14-4-2-1-3-5-14/h1-9,11-12H,10,13H2,(H,24,25,27)/b18-11-. The molecule has 0 unspecified atom stereocenters. The summed E-state index contributed by atoms with van der Waals surface area (Å²) in [6.07, 6.45) is 4.03. The minimum atomic E-state index is -0.496. The van der Waals surface area contributed by atoms with Crippen LogP contribution in [0, 0.1) is 0 Å². The number of nitrogens with zero attached hydrogens (tertiary/aromatic N) is 2. The lowest BCUT2D eigenvalue weighted by atomic mass is 10.1. The average Bonchev–Trinajstić information content (AvgIpc) is 3.29. The number of halogens is 1. The molecular weight excluding hydrogens is 454 g/mol. The van der Waals surface area contributed by atoms with Crippen LogP contribution in [0.3, 0.4) is 0 Å². The number of hydrogen-bond donors (Lipinski definition) is 1. The second-order valence-corrected chi connectivity index (χ2v) is 9.21. The number of thiazole rings is 1. The lowest BCUT2D eigenvalue weighted by Crippen LogP contribution is -2.36. The van der Waals surface area contributed by atoms with Crippen molar-refractivity contribution in [2.45, 2.75) is 6.42 Å². The van der Waals surface area contributed by atoms with Crippen molar-refractivity contribution in [3.05, 3.63) is 86.7 Å². The first-order valence-corrected chi connectivity index (χ1v) is 11.3. The zero-order valence-corrected chi connectivity index (χ0v) is 18.5. The number of benzene rings is 2. The quantitative estimate of drug-likeness (QED) is 0.510. The van der Waals surface area contributed by atoms with E-state index in [1.54, 1.807) is 36.5 Å². The Bertz CT molecular complexity index is 1160. The van der Waals surface area contributed by atoms with Gasteiger partial charge in [-0.15, -0.1) is 11.3 Å². The molecule has 0 aliphatic carbocycles. The van der Waals surface area contributed by atoms with Gasteiger partial charge in [0.2, 0.25) is 5.91 Å². The average molecular weight is 470 g/mol. The number of carbonyl (C=O) groups excluding carboxylic acids is 3. The van der Waals surface area contributed by atoms with E-state index >= 15 is 0 Å². The molecule has 156 valence electrons. The second-order valence-electron chi connectivity index (χ2n) is 6.66. The Kier molecular flexibility index (Phi) is 6.50. The highest BCUT2D eigenvalue weighted by Crippen LogP contribution is 2.32. The fourth-order valence-electron chi connectivity index (χ4n) is 2.89. The number of carbonyl (C=O) groups is 3. The lowest BCUT2D eigenvalue weighted by molar-refractivity contribution is -0.127. The molecule has 0 bridgehead atoms. The topological polar surface area (TPSA) is 79.4 Å². The maximum absolute atomic E-state index is 12.6. The summed E-state index contributed by atoms with van der Waals surface area (Å²) in [5, 5.41) is 3.19. The number of rotatable bonds is 6. The van der Waals surface area contributed by atoms with Crippen LogP contribution < -0.4 is 5.32 Å². The van der Waals surface area contributed by atoms with Crippen molar-refractivity contribution in [1.82, 2.24) is 9.88 Å². The number of hydrogen-bond acceptors (Lipinski definition) is 6. The summed E-state index contributed by atoms with van der Waals surface area (Å²) in [5.41, 5.74) is 1.89. The van der Waals surface area contributed by atoms with Crippen LogP contribution in [0.2, 0.25) is 5.02 Å². The van der Waals surface area contributed by atoms with E-state index in [-0.39, 0.29) is 11.4 Å². The molecule has 3 aromatic rings. The molecule has 9 heteroatoms. The number of nitrogens with one attached hydrogen (secondary N) is 1. The molecule has 4 rings (SSSR count). The molecule has 1 saturated heterocycles. The van der Waals surface area contributed by atoms with Gasteiger partial charge in [-0.2, -0.15) is 0 Å². The van der Waals surface area contributed by atoms with E-state index in [1.165, 1.54) is 11.3 Å². The van der Waals surface area contributed by atoms with Crippen molar-refractivity contribution in [2.24, 2.45) is 0 Å². The van der Waals surface area contributed by atoms with Crippen molar-refractivity contribution < 1.29 is 14.4 Å². The van der Waals surface area contributed by atoms with E-state index < -0.39 is 17.1 Å². The Balaban J connectivity index is 1.37. The van der Waals surface area contributed by atoms with Gasteiger partial charge in [-0.25, -0.2) is 4.98 Å². The summed E-state index contributed by atoms with van der Waals surface area (Å²) in [6.45, 7) is -0.365. The Morgan fingerprint density at radius 3 is 2.58 bits per heavy atom. The number of anilines is 1. The van der Waals surface area contributed by atoms with Crippen molar-refractivity contribution in [1.29, 1.82) is 0 Å². The minimum absolute atomic E-state index is 0.263. The predicted octanol–water partition coefficient (Wildman–Crippen LogP) is 5.06. The maximum Gasteiger partial charge on any atom is 0.294 e. The van der Waals surface area contributed by atoms with Crippen molar-refractivity contribution in [3.63, 3.8) is 0 Å². The first-order valence-electron chi connectivity index (χ1n) is 9.27. The van der Waals surface area contributed by atoms with E-state index in [9.17, 15) is 14.4 Å². The molecule has 1 fully saturated rings. The van der Waals surface area contributed by atoms with E-state index in [0.29, 0.717) is 16.6 Å². The van der Waals surface area contributed by atoms with E-state index in [2.05, 4.69) is 10.3 Å². The highest BCUT2D eigenvalue weighted by atomic mass is 35.5. The molecule has 2 heterocycles. The van der Waals surface area contributed by atoms with Gasteiger partial charge < -0.3 is 5.32 Å². The van der Waals surface area contributed by atoms with Gasteiger partial charge in [-0.05, 0) is 41.1 Å². The monoisotopic (exact) mass is 469 g/mol. The summed E-state index contributed by atoms with van der Waals surface area (Å²) in [4.78, 5) is 43.6. The van der Waals surface area contributed by atoms with Crippen LogP contribution in [0.4, 0.5) is 9.93 Å². The van der Waals surface area contributed by atoms with Crippen LogP contribution in [0.25, 0.3) is 6.08 Å². The first kappa shape index (κ1) is 21.3. The molecule has 1 N–H and O–H groups in total. The molecule has 1 aliphatic rings. The predicted molar refractivity (Wildman–Crippen MR) is 124 cm³/mol. The van der Waals surface area contributed by atoms with Crippen LogP contribution in [0.5, 0.6) is 0 Å². The van der Waals surface area contributed by atoms with Crippen LogP contribution in [0.1, 0.15) is 16.0 Å². The van der Waals surface area contributed by atoms with Crippen LogP contribution in [-0.4, -0.2) is 33.5 Å². The van der Waals surface area contributed by atoms with E-state index in [1.807, 2.05) is 30.3 Å². The number of thioether (sulfide) groups is 1. The minimum Gasteiger partial charge on any atom is -0.300 e. The zero-order valence-electron chi connectivity index (χ0n) is 16.1. The van der Waals surface area contributed by atoms with Gasteiger partial charge in [0.25, 0.3) is 11.1 Å². The third kappa shape index (κ3) is 5.41. The molecule has 1 aromatic heterocycles. The molecule has 6 nitrogen and oxygen atoms in total. The van der Waals surface area contributed by atoms with Crippen LogP contribution in [0.15, 0.2) is 65.7 Å². The van der Waals surface area contributed by atoms with Crippen LogP contribution in [-0.2, 0) is 16.0 Å². The number of imide groups is 1. The molecule has 0 spiro atoms. The largest absolute Gasteiger partial charge is 0.300 e. The molecule has 31 heavy (non-hydrogen) atoms. The molecule has 0 saturated carbocycles. The van der Waals surface area contributed by atoms with Crippen molar-refractivity contribution >= 4 is 63.0 Å². The summed E-state index contributed by atoms with van der Waals surface area (Å²) in [5.74, 6) is -0.973. The van der Waals surface area contributed by atoms with E-state index in [0.717, 1.165) is 32.7 Å². The zero-order chi connectivity index (χ0) is 21.8. The fraction of sp³-hybridized carbons (Fsp3) is 0.0909. The Labute approximate surface area is 191 Å². The summed E-state index contributed by atoms with van der Waals surface area (Å²) in [6, 6.07) is 16.8. The molecule has 0 atom stereocenters. The summed E-state index contributed by atoms with van der Waals surface area (Å²) in [7, 11) is 0.